The van der Waals surface area contributed by atoms with Gasteiger partial charge < -0.3 is 19.5 Å². The molecule has 0 unspecified atom stereocenters. The first-order chi connectivity index (χ1) is 14.6. The van der Waals surface area contributed by atoms with Crippen LogP contribution in [-0.4, -0.2) is 46.5 Å². The van der Waals surface area contributed by atoms with Gasteiger partial charge in [-0.3, -0.25) is 14.4 Å². The Kier molecular flexibility index (Phi) is 5.57. The molecule has 4 rings (SSSR count). The van der Waals surface area contributed by atoms with Crippen LogP contribution >= 0.6 is 0 Å². The molecular formula is C22H25N3O5. The first kappa shape index (κ1) is 20.1. The average molecular weight is 411 g/mol. The zero-order chi connectivity index (χ0) is 21.1. The van der Waals surface area contributed by atoms with Gasteiger partial charge in [0, 0.05) is 12.6 Å². The maximum atomic E-state index is 13.6. The van der Waals surface area contributed by atoms with Gasteiger partial charge in [0.15, 0.2) is 0 Å². The molecule has 2 fully saturated rings. The van der Waals surface area contributed by atoms with E-state index in [1.165, 1.54) is 12.3 Å². The molecule has 8 nitrogen and oxygen atoms in total. The minimum absolute atomic E-state index is 0.0388. The van der Waals surface area contributed by atoms with E-state index in [-0.39, 0.29) is 24.7 Å². The van der Waals surface area contributed by atoms with Crippen LogP contribution in [0.25, 0.3) is 0 Å². The van der Waals surface area contributed by atoms with E-state index in [1.807, 2.05) is 30.3 Å². The summed E-state index contributed by atoms with van der Waals surface area (Å²) in [5.41, 5.74) is -0.379. The molecule has 1 spiro atoms. The van der Waals surface area contributed by atoms with E-state index in [0.29, 0.717) is 13.0 Å². The van der Waals surface area contributed by atoms with E-state index in [1.54, 1.807) is 11.8 Å². The quantitative estimate of drug-likeness (QED) is 0.776. The predicted molar refractivity (Wildman–Crippen MR) is 106 cm³/mol. The summed E-state index contributed by atoms with van der Waals surface area (Å²) in [6.07, 6.45) is 3.65. The molecule has 0 bridgehead atoms. The Morgan fingerprint density at radius 2 is 2.07 bits per heavy atom. The molecular weight excluding hydrogens is 386 g/mol. The highest BCUT2D eigenvalue weighted by atomic mass is 16.5. The molecule has 158 valence electrons. The maximum absolute atomic E-state index is 13.6. The molecule has 3 atom stereocenters. The van der Waals surface area contributed by atoms with Gasteiger partial charge >= 0.3 is 5.97 Å². The summed E-state index contributed by atoms with van der Waals surface area (Å²) < 4.78 is 10.5. The van der Waals surface area contributed by atoms with E-state index >= 15 is 0 Å². The Morgan fingerprint density at radius 1 is 1.27 bits per heavy atom. The molecule has 2 aromatic rings. The van der Waals surface area contributed by atoms with Crippen LogP contribution in [0.2, 0.25) is 0 Å². The fourth-order valence-electron chi connectivity index (χ4n) is 4.73. The number of carbonyl (C=O) groups is 3. The zero-order valence-corrected chi connectivity index (χ0v) is 16.9. The second-order valence-electron chi connectivity index (χ2n) is 7.71. The van der Waals surface area contributed by atoms with Crippen molar-refractivity contribution in [3.63, 3.8) is 0 Å². The number of likely N-dealkylation sites (tertiary alicyclic amines) is 1. The number of nitrogens with one attached hydrogen (secondary N) is 1. The van der Waals surface area contributed by atoms with Crippen LogP contribution < -0.4 is 5.32 Å². The maximum Gasteiger partial charge on any atom is 0.311 e. The van der Waals surface area contributed by atoms with Crippen molar-refractivity contribution in [1.82, 2.24) is 15.4 Å². The number of esters is 1. The van der Waals surface area contributed by atoms with Gasteiger partial charge in [-0.05, 0) is 38.2 Å². The number of benzene rings is 1. The van der Waals surface area contributed by atoms with Gasteiger partial charge in [0.25, 0.3) is 5.91 Å². The summed E-state index contributed by atoms with van der Waals surface area (Å²) in [6, 6.07) is 10.1. The Balaban J connectivity index is 1.88. The molecule has 2 amide bonds. The third kappa shape index (κ3) is 3.36. The van der Waals surface area contributed by atoms with E-state index in [2.05, 4.69) is 10.5 Å². The van der Waals surface area contributed by atoms with Crippen LogP contribution in [0, 0.1) is 5.92 Å². The number of nitrogens with zero attached hydrogens (tertiary/aromatic N) is 2. The molecule has 2 aliphatic rings. The highest BCUT2D eigenvalue weighted by molar-refractivity contribution is 5.99. The average Bonchev–Trinajstić information content (AvgIpc) is 3.36. The van der Waals surface area contributed by atoms with Crippen LogP contribution in [0.1, 0.15) is 54.8 Å². The monoisotopic (exact) mass is 411 g/mol. The minimum Gasteiger partial charge on any atom is -0.466 e. The third-order valence-corrected chi connectivity index (χ3v) is 6.00. The van der Waals surface area contributed by atoms with Crippen LogP contribution in [-0.2, 0) is 14.3 Å². The predicted octanol–water partition coefficient (Wildman–Crippen LogP) is 2.48. The van der Waals surface area contributed by atoms with Gasteiger partial charge in [-0.1, -0.05) is 35.5 Å². The Labute approximate surface area is 174 Å². The molecule has 8 heteroatoms. The van der Waals surface area contributed by atoms with E-state index < -0.39 is 29.4 Å². The van der Waals surface area contributed by atoms with E-state index in [0.717, 1.165) is 18.4 Å². The summed E-state index contributed by atoms with van der Waals surface area (Å²) in [7, 11) is 0. The lowest BCUT2D eigenvalue weighted by atomic mass is 9.85. The van der Waals surface area contributed by atoms with Crippen molar-refractivity contribution >= 4 is 17.8 Å². The van der Waals surface area contributed by atoms with Gasteiger partial charge in [-0.15, -0.1) is 0 Å². The minimum atomic E-state index is -1.15. The second kappa shape index (κ2) is 8.30. The Morgan fingerprint density at radius 3 is 2.77 bits per heavy atom. The molecule has 1 aromatic carbocycles. The van der Waals surface area contributed by atoms with Crippen LogP contribution in [0.4, 0.5) is 0 Å². The summed E-state index contributed by atoms with van der Waals surface area (Å²) in [6.45, 7) is 2.52. The van der Waals surface area contributed by atoms with Gasteiger partial charge in [-0.2, -0.15) is 0 Å². The van der Waals surface area contributed by atoms with Crippen molar-refractivity contribution in [3.8, 4) is 0 Å². The number of amides is 2. The largest absolute Gasteiger partial charge is 0.466 e. The second-order valence-corrected chi connectivity index (χ2v) is 7.71. The number of aromatic nitrogens is 1. The Hall–Kier alpha value is -3.16. The lowest BCUT2D eigenvalue weighted by Crippen LogP contribution is -2.57. The first-order valence-electron chi connectivity index (χ1n) is 10.3. The van der Waals surface area contributed by atoms with Gasteiger partial charge in [0.1, 0.15) is 5.54 Å². The molecule has 2 aliphatic heterocycles. The SMILES string of the molecule is CCOC(=O)[C@H]1C[C@]2(CCCCNC2=O)N(C(=O)c2ccno2)[C@H]1c1ccccc1. The molecule has 2 saturated heterocycles. The molecule has 3 heterocycles. The number of hydrogen-bond donors (Lipinski definition) is 1. The van der Waals surface area contributed by atoms with Crippen molar-refractivity contribution < 1.29 is 23.6 Å². The van der Waals surface area contributed by atoms with E-state index in [4.69, 9.17) is 9.26 Å². The number of ether oxygens (including phenoxy) is 1. The molecule has 0 aliphatic carbocycles. The van der Waals surface area contributed by atoms with Gasteiger partial charge in [0.2, 0.25) is 11.7 Å². The van der Waals surface area contributed by atoms with Crippen molar-refractivity contribution in [3.05, 3.63) is 53.9 Å². The summed E-state index contributed by atoms with van der Waals surface area (Å²) >= 11 is 0. The summed E-state index contributed by atoms with van der Waals surface area (Å²) in [5, 5.41) is 6.59. The Bertz CT molecular complexity index is 914. The standard InChI is InChI=1S/C22H25N3O5/c1-2-29-20(27)16-14-22(11-6-7-12-23-21(22)28)25(19(26)17-10-13-24-30-17)18(16)15-8-4-3-5-9-15/h3-5,8-10,13,16,18H,2,6-7,11-12,14H2,1H3,(H,23,28)/t16-,18-,22-/m0/s1. The molecule has 1 N–H and O–H groups in total. The highest BCUT2D eigenvalue weighted by Crippen LogP contribution is 2.50. The summed E-state index contributed by atoms with van der Waals surface area (Å²) in [4.78, 5) is 41.5. The highest BCUT2D eigenvalue weighted by Gasteiger charge is 2.61. The number of rotatable bonds is 4. The van der Waals surface area contributed by atoms with Gasteiger partial charge in [0.05, 0.1) is 24.8 Å². The lowest BCUT2D eigenvalue weighted by Gasteiger charge is -2.38. The summed E-state index contributed by atoms with van der Waals surface area (Å²) in [5.74, 6) is -1.72. The van der Waals surface area contributed by atoms with Crippen LogP contribution in [0.15, 0.2) is 47.1 Å². The molecule has 30 heavy (non-hydrogen) atoms. The van der Waals surface area contributed by atoms with Gasteiger partial charge in [-0.25, -0.2) is 0 Å². The first-order valence-corrected chi connectivity index (χ1v) is 10.3. The molecule has 0 radical (unpaired) electrons. The fourth-order valence-corrected chi connectivity index (χ4v) is 4.73. The smallest absolute Gasteiger partial charge is 0.311 e. The topological polar surface area (TPSA) is 102 Å². The van der Waals surface area contributed by atoms with Crippen molar-refractivity contribution in [1.29, 1.82) is 0 Å². The van der Waals surface area contributed by atoms with E-state index in [9.17, 15) is 14.4 Å². The third-order valence-electron chi connectivity index (χ3n) is 6.00. The zero-order valence-electron chi connectivity index (χ0n) is 16.9. The lowest BCUT2D eigenvalue weighted by molar-refractivity contribution is -0.148. The number of carbonyl (C=O) groups excluding carboxylic acids is 3. The van der Waals surface area contributed by atoms with Crippen molar-refractivity contribution in [2.45, 2.75) is 44.2 Å². The normalized spacial score (nSPS) is 26.3. The van der Waals surface area contributed by atoms with Crippen molar-refractivity contribution in [2.24, 2.45) is 5.92 Å². The molecule has 1 aromatic heterocycles. The van der Waals surface area contributed by atoms with Crippen molar-refractivity contribution in [2.75, 3.05) is 13.2 Å². The fraction of sp³-hybridized carbons (Fsp3) is 0.455. The molecule has 0 saturated carbocycles. The van der Waals surface area contributed by atoms with Crippen LogP contribution in [0.3, 0.4) is 0 Å². The van der Waals surface area contributed by atoms with Crippen LogP contribution in [0.5, 0.6) is 0 Å². The number of hydrogen-bond acceptors (Lipinski definition) is 6.